The molecule has 2 nitrogen and oxygen atoms in total. The Morgan fingerprint density at radius 2 is 2.27 bits per heavy atom. The molecule has 0 aliphatic heterocycles. The van der Waals surface area contributed by atoms with E-state index < -0.39 is 0 Å². The molecule has 0 aromatic carbocycles. The van der Waals surface area contributed by atoms with Gasteiger partial charge in [0.05, 0.1) is 13.6 Å². The molecule has 0 amide bonds. The van der Waals surface area contributed by atoms with Gasteiger partial charge in [0.15, 0.2) is 0 Å². The number of imidazole rings is 1. The van der Waals surface area contributed by atoms with Gasteiger partial charge in [0.2, 0.25) is 6.33 Å². The van der Waals surface area contributed by atoms with Crippen molar-refractivity contribution < 1.29 is 26.9 Å². The van der Waals surface area contributed by atoms with Gasteiger partial charge in [-0.2, -0.15) is 0 Å². The quantitative estimate of drug-likeness (QED) is 0.441. The molecule has 0 N–H and O–H groups in total. The van der Waals surface area contributed by atoms with Crippen molar-refractivity contribution in [2.24, 2.45) is 7.05 Å². The molecule has 0 aliphatic rings. The van der Waals surface area contributed by atoms with Crippen LogP contribution in [-0.2, 0) is 36.0 Å². The Hall–Kier alpha value is -0.0497. The van der Waals surface area contributed by atoms with E-state index in [0.717, 1.165) is 6.54 Å². The third-order valence-corrected chi connectivity index (χ3v) is 1.51. The minimum atomic E-state index is 0. The molecule has 0 saturated heterocycles. The van der Waals surface area contributed by atoms with Crippen LogP contribution < -0.4 is 4.57 Å². The Morgan fingerprint density at radius 3 is 2.73 bits per heavy atom. The van der Waals surface area contributed by atoms with Gasteiger partial charge in [0.1, 0.15) is 0 Å². The summed E-state index contributed by atoms with van der Waals surface area (Å²) in [6, 6.07) is 0. The second kappa shape index (κ2) is 5.58. The van der Waals surface area contributed by atoms with Crippen LogP contribution in [0, 0.1) is 6.33 Å². The third-order valence-electron chi connectivity index (χ3n) is 1.51. The number of hydrogen-bond acceptors (Lipinski definition) is 0. The van der Waals surface area contributed by atoms with Crippen molar-refractivity contribution in [3.8, 4) is 0 Å². The zero-order valence-electron chi connectivity index (χ0n) is 6.97. The van der Waals surface area contributed by atoms with Crippen LogP contribution in [-0.4, -0.2) is 4.57 Å². The van der Waals surface area contributed by atoms with Gasteiger partial charge in [0.25, 0.3) is 0 Å². The maximum Gasteiger partial charge on any atom is 1.00 e. The Balaban J connectivity index is 0.000001000. The van der Waals surface area contributed by atoms with Crippen LogP contribution in [0.15, 0.2) is 12.4 Å². The largest absolute Gasteiger partial charge is 1.00 e. The van der Waals surface area contributed by atoms with Gasteiger partial charge >= 0.3 is 22.4 Å². The topological polar surface area (TPSA) is 8.81 Å². The van der Waals surface area contributed by atoms with Gasteiger partial charge < -0.3 is 9.13 Å². The second-order valence-corrected chi connectivity index (χ2v) is 2.56. The summed E-state index contributed by atoms with van der Waals surface area (Å²) < 4.78 is 4.03. The number of hydrogen-bond donors (Lipinski definition) is 0. The first kappa shape index (κ1) is 11.0. The molecule has 0 atom stereocenters. The Morgan fingerprint density at radius 1 is 1.55 bits per heavy atom. The molecule has 1 heterocycles. The SMILES string of the molecule is CCCC[n+]1[c-]n(C)cc1.[Au+]. The fourth-order valence-electron chi connectivity index (χ4n) is 0.903. The summed E-state index contributed by atoms with van der Waals surface area (Å²) in [5, 5.41) is 0. The van der Waals surface area contributed by atoms with Gasteiger partial charge in [0, 0.05) is 0 Å². The minimum Gasteiger partial charge on any atom is -0.354 e. The summed E-state index contributed by atoms with van der Waals surface area (Å²) >= 11 is 0. The van der Waals surface area contributed by atoms with E-state index in [1.165, 1.54) is 12.8 Å². The van der Waals surface area contributed by atoms with Gasteiger partial charge in [-0.25, -0.2) is 0 Å². The monoisotopic (exact) mass is 335 g/mol. The molecule has 3 heteroatoms. The van der Waals surface area contributed by atoms with E-state index in [4.69, 9.17) is 0 Å². The molecule has 66 valence electrons. The van der Waals surface area contributed by atoms with Crippen molar-refractivity contribution in [3.05, 3.63) is 18.7 Å². The Bertz CT molecular complexity index is 196. The van der Waals surface area contributed by atoms with Gasteiger partial charge in [-0.15, -0.1) is 0 Å². The Labute approximate surface area is 83.7 Å². The van der Waals surface area contributed by atoms with Crippen LogP contribution in [0.25, 0.3) is 0 Å². The molecule has 1 aromatic rings. The zero-order valence-corrected chi connectivity index (χ0v) is 9.14. The van der Waals surface area contributed by atoms with Gasteiger partial charge in [-0.3, -0.25) is 0 Å². The molecule has 0 radical (unpaired) electrons. The van der Waals surface area contributed by atoms with Crippen LogP contribution >= 0.6 is 0 Å². The maximum atomic E-state index is 3.14. The van der Waals surface area contributed by atoms with Crippen molar-refractivity contribution in [1.29, 1.82) is 0 Å². The van der Waals surface area contributed by atoms with Crippen LogP contribution in [0.2, 0.25) is 0 Å². The van der Waals surface area contributed by atoms with E-state index in [1.54, 1.807) is 0 Å². The molecule has 0 spiro atoms. The van der Waals surface area contributed by atoms with Gasteiger partial charge in [-0.05, 0) is 18.8 Å². The van der Waals surface area contributed by atoms with E-state index in [9.17, 15) is 0 Å². The van der Waals surface area contributed by atoms with Crippen molar-refractivity contribution in [1.82, 2.24) is 4.57 Å². The standard InChI is InChI=1S/C8H14N2.Au/c1-3-4-5-10-7-6-9(2)8-10;/h6-7H,3-5H2,1-2H3;/q;+1. The average Bonchev–Trinajstić information content (AvgIpc) is 2.31. The van der Waals surface area contributed by atoms with E-state index in [0.29, 0.717) is 0 Å². The van der Waals surface area contributed by atoms with Crippen LogP contribution in [0.3, 0.4) is 0 Å². The average molecular weight is 335 g/mol. The molecule has 0 unspecified atom stereocenters. The van der Waals surface area contributed by atoms with E-state index in [1.807, 2.05) is 17.8 Å². The number of aryl methyl sites for hydroxylation is 2. The molecular weight excluding hydrogens is 321 g/mol. The number of nitrogens with zero attached hydrogens (tertiary/aromatic N) is 2. The molecule has 11 heavy (non-hydrogen) atoms. The molecular formula is C8H14AuN2+. The van der Waals surface area contributed by atoms with Crippen molar-refractivity contribution in [2.45, 2.75) is 26.3 Å². The molecule has 1 rings (SSSR count). The molecule has 0 bridgehead atoms. The van der Waals surface area contributed by atoms with Crippen molar-refractivity contribution >= 4 is 0 Å². The molecule has 0 fully saturated rings. The van der Waals surface area contributed by atoms with E-state index >= 15 is 0 Å². The smallest absolute Gasteiger partial charge is 0.354 e. The first-order valence-corrected chi connectivity index (χ1v) is 3.77. The van der Waals surface area contributed by atoms with E-state index in [2.05, 4.69) is 24.0 Å². The minimum absolute atomic E-state index is 0. The predicted octanol–water partition coefficient (Wildman–Crippen LogP) is 0.910. The van der Waals surface area contributed by atoms with E-state index in [-0.39, 0.29) is 22.4 Å². The Kier molecular flexibility index (Phi) is 5.56. The first-order valence-electron chi connectivity index (χ1n) is 3.77. The maximum absolute atomic E-state index is 3.14. The first-order chi connectivity index (χ1) is 4.83. The summed E-state index contributed by atoms with van der Waals surface area (Å²) in [4.78, 5) is 0. The van der Waals surface area contributed by atoms with Crippen molar-refractivity contribution in [2.75, 3.05) is 0 Å². The predicted molar refractivity (Wildman–Crippen MR) is 39.4 cm³/mol. The summed E-state index contributed by atoms with van der Waals surface area (Å²) in [7, 11) is 1.99. The molecule has 0 saturated carbocycles. The van der Waals surface area contributed by atoms with Crippen LogP contribution in [0.1, 0.15) is 19.8 Å². The fraction of sp³-hybridized carbons (Fsp3) is 0.625. The van der Waals surface area contributed by atoms with Crippen LogP contribution in [0.5, 0.6) is 0 Å². The van der Waals surface area contributed by atoms with Crippen LogP contribution in [0.4, 0.5) is 0 Å². The second-order valence-electron chi connectivity index (χ2n) is 2.56. The normalized spacial score (nSPS) is 9.27. The van der Waals surface area contributed by atoms with Crippen molar-refractivity contribution in [3.63, 3.8) is 0 Å². The van der Waals surface area contributed by atoms with Gasteiger partial charge in [-0.1, -0.05) is 13.3 Å². The number of unbranched alkanes of at least 4 members (excludes halogenated alkanes) is 1. The molecule has 1 aromatic heterocycles. The number of rotatable bonds is 3. The summed E-state index contributed by atoms with van der Waals surface area (Å²) in [5.74, 6) is 0. The molecule has 0 aliphatic carbocycles. The summed E-state index contributed by atoms with van der Waals surface area (Å²) in [5.41, 5.74) is 0. The summed E-state index contributed by atoms with van der Waals surface area (Å²) in [6.45, 7) is 3.29. The fourth-order valence-corrected chi connectivity index (χ4v) is 0.903. The zero-order chi connectivity index (χ0) is 7.40. The summed E-state index contributed by atoms with van der Waals surface area (Å²) in [6.07, 6.45) is 9.69. The number of aromatic nitrogens is 2. The third kappa shape index (κ3) is 3.75.